The van der Waals surface area contributed by atoms with E-state index < -0.39 is 34.4 Å². The maximum atomic E-state index is 12.8. The summed E-state index contributed by atoms with van der Waals surface area (Å²) in [6, 6.07) is 6.46. The molecule has 1 atom stereocenters. The van der Waals surface area contributed by atoms with Crippen LogP contribution >= 0.6 is 0 Å². The van der Waals surface area contributed by atoms with E-state index in [2.05, 4.69) is 10.6 Å². The van der Waals surface area contributed by atoms with E-state index in [1.807, 2.05) is 6.92 Å². The molecule has 28 heavy (non-hydrogen) atoms. The number of methoxy groups -OCH3 is 2. The number of hydrogen-bond donors (Lipinski definition) is 2. The Hall–Kier alpha value is -2.05. The summed E-state index contributed by atoms with van der Waals surface area (Å²) in [6.07, 6.45) is -1.57. The molecule has 1 heterocycles. The second kappa shape index (κ2) is 9.94. The van der Waals surface area contributed by atoms with Gasteiger partial charge in [0.2, 0.25) is 10.0 Å². The number of rotatable bonds is 8. The van der Waals surface area contributed by atoms with Gasteiger partial charge >= 0.3 is 11.8 Å². The topological polar surface area (TPSA) is 123 Å². The second-order valence-corrected chi connectivity index (χ2v) is 7.97. The average Bonchev–Trinajstić information content (AvgIpc) is 3.16. The van der Waals surface area contributed by atoms with Crippen LogP contribution in [0.15, 0.2) is 29.2 Å². The van der Waals surface area contributed by atoms with Gasteiger partial charge in [-0.25, -0.2) is 8.42 Å². The molecule has 0 bridgehead atoms. The molecule has 2 N–H and O–H groups in total. The van der Waals surface area contributed by atoms with Crippen molar-refractivity contribution < 1.29 is 32.2 Å². The van der Waals surface area contributed by atoms with Crippen molar-refractivity contribution in [1.82, 2.24) is 14.9 Å². The first kappa shape index (κ1) is 22.2. The Bertz CT molecular complexity index is 778. The summed E-state index contributed by atoms with van der Waals surface area (Å²) in [7, 11) is -0.970. The van der Waals surface area contributed by atoms with Crippen molar-refractivity contribution in [3.63, 3.8) is 0 Å². The minimum atomic E-state index is -3.78. The van der Waals surface area contributed by atoms with Crippen molar-refractivity contribution in [2.24, 2.45) is 0 Å². The number of carbonyl (C=O) groups is 2. The lowest BCUT2D eigenvalue weighted by molar-refractivity contribution is -0.142. The van der Waals surface area contributed by atoms with E-state index in [0.717, 1.165) is 5.56 Å². The lowest BCUT2D eigenvalue weighted by atomic mass is 10.2. The lowest BCUT2D eigenvalue weighted by Crippen LogP contribution is -2.48. The summed E-state index contributed by atoms with van der Waals surface area (Å²) in [5.41, 5.74) is 0.940. The van der Waals surface area contributed by atoms with Crippen LogP contribution in [0.4, 0.5) is 0 Å². The third kappa shape index (κ3) is 5.49. The molecule has 2 amide bonds. The Balaban J connectivity index is 1.93. The summed E-state index contributed by atoms with van der Waals surface area (Å²) in [4.78, 5) is 23.9. The Kier molecular flexibility index (Phi) is 7.89. The van der Waals surface area contributed by atoms with Crippen LogP contribution in [-0.4, -0.2) is 77.5 Å². The number of amides is 2. The van der Waals surface area contributed by atoms with Crippen LogP contribution in [0.25, 0.3) is 0 Å². The molecule has 10 nitrogen and oxygen atoms in total. The summed E-state index contributed by atoms with van der Waals surface area (Å²) in [6.45, 7) is 2.05. The predicted molar refractivity (Wildman–Crippen MR) is 98.6 cm³/mol. The van der Waals surface area contributed by atoms with Gasteiger partial charge in [0.1, 0.15) is 6.23 Å². The molecule has 1 saturated heterocycles. The number of aryl methyl sites for hydroxylation is 1. The Labute approximate surface area is 164 Å². The van der Waals surface area contributed by atoms with Crippen LogP contribution in [0.1, 0.15) is 5.56 Å². The molecule has 2 rings (SSSR count). The minimum absolute atomic E-state index is 0.00684. The number of ether oxygens (including phenoxy) is 3. The van der Waals surface area contributed by atoms with Gasteiger partial charge in [0.05, 0.1) is 24.6 Å². The molecule has 1 aliphatic rings. The van der Waals surface area contributed by atoms with Gasteiger partial charge < -0.3 is 24.8 Å². The Morgan fingerprint density at radius 1 is 1.18 bits per heavy atom. The van der Waals surface area contributed by atoms with Gasteiger partial charge in [0, 0.05) is 20.8 Å². The molecular formula is C17H25N3O7S. The monoisotopic (exact) mass is 415 g/mol. The maximum absolute atomic E-state index is 12.8. The first-order valence-electron chi connectivity index (χ1n) is 8.61. The normalized spacial score (nSPS) is 17.6. The van der Waals surface area contributed by atoms with Crippen LogP contribution < -0.4 is 10.6 Å². The number of sulfonamides is 1. The fourth-order valence-corrected chi connectivity index (χ4v) is 4.08. The van der Waals surface area contributed by atoms with Gasteiger partial charge in [0.25, 0.3) is 0 Å². The van der Waals surface area contributed by atoms with Gasteiger partial charge in [0.15, 0.2) is 6.29 Å². The third-order valence-corrected chi connectivity index (χ3v) is 6.07. The fraction of sp³-hybridized carbons (Fsp3) is 0.529. The van der Waals surface area contributed by atoms with E-state index in [9.17, 15) is 18.0 Å². The molecule has 0 radical (unpaired) electrons. The molecule has 0 unspecified atom stereocenters. The van der Waals surface area contributed by atoms with Crippen LogP contribution in [0.2, 0.25) is 0 Å². The van der Waals surface area contributed by atoms with E-state index in [1.165, 1.54) is 30.7 Å². The quantitative estimate of drug-likeness (QED) is 0.421. The Morgan fingerprint density at radius 3 is 2.39 bits per heavy atom. The van der Waals surface area contributed by atoms with Gasteiger partial charge in [-0.15, -0.1) is 0 Å². The highest BCUT2D eigenvalue weighted by atomic mass is 32.2. The molecule has 0 aromatic heterocycles. The van der Waals surface area contributed by atoms with Gasteiger partial charge in [-0.3, -0.25) is 9.59 Å². The molecule has 0 saturated carbocycles. The van der Waals surface area contributed by atoms with Crippen molar-refractivity contribution in [2.75, 3.05) is 40.5 Å². The van der Waals surface area contributed by atoms with Crippen LogP contribution in [0, 0.1) is 6.92 Å². The highest BCUT2D eigenvalue weighted by Crippen LogP contribution is 2.22. The second-order valence-electron chi connectivity index (χ2n) is 6.08. The van der Waals surface area contributed by atoms with Crippen molar-refractivity contribution in [3.05, 3.63) is 29.8 Å². The largest absolute Gasteiger partial charge is 0.359 e. The van der Waals surface area contributed by atoms with Crippen LogP contribution in [-0.2, 0) is 33.8 Å². The smallest absolute Gasteiger partial charge is 0.309 e. The molecule has 11 heteroatoms. The van der Waals surface area contributed by atoms with Crippen molar-refractivity contribution in [3.8, 4) is 0 Å². The number of carbonyl (C=O) groups excluding carboxylic acids is 2. The molecule has 1 aromatic rings. The van der Waals surface area contributed by atoms with Crippen LogP contribution in [0.5, 0.6) is 0 Å². The number of nitrogens with zero attached hydrogens (tertiary/aromatic N) is 1. The van der Waals surface area contributed by atoms with Gasteiger partial charge in [-0.1, -0.05) is 17.7 Å². The predicted octanol–water partition coefficient (Wildman–Crippen LogP) is -0.807. The summed E-state index contributed by atoms with van der Waals surface area (Å²) in [5.74, 6) is -1.79. The lowest BCUT2D eigenvalue weighted by Gasteiger charge is -2.23. The molecule has 1 aromatic carbocycles. The van der Waals surface area contributed by atoms with Crippen LogP contribution in [0.3, 0.4) is 0 Å². The molecule has 1 fully saturated rings. The average molecular weight is 415 g/mol. The molecule has 156 valence electrons. The summed E-state index contributed by atoms with van der Waals surface area (Å²) < 4.78 is 42.0. The zero-order chi connectivity index (χ0) is 20.7. The van der Waals surface area contributed by atoms with E-state index in [-0.39, 0.29) is 31.1 Å². The van der Waals surface area contributed by atoms with Crippen molar-refractivity contribution in [2.45, 2.75) is 24.3 Å². The molecule has 0 spiro atoms. The first-order valence-corrected chi connectivity index (χ1v) is 10.1. The van der Waals surface area contributed by atoms with E-state index in [1.54, 1.807) is 12.1 Å². The SMILES string of the molecule is COC(CNC(=O)C(=O)NC[C@@H]1OCCN1S(=O)(=O)c1ccc(C)cc1)OC. The van der Waals surface area contributed by atoms with Crippen molar-refractivity contribution >= 4 is 21.8 Å². The van der Waals surface area contributed by atoms with Gasteiger partial charge in [-0.2, -0.15) is 4.31 Å². The van der Waals surface area contributed by atoms with Gasteiger partial charge in [-0.05, 0) is 19.1 Å². The van der Waals surface area contributed by atoms with E-state index in [0.29, 0.717) is 0 Å². The molecule has 0 aliphatic carbocycles. The standard InChI is InChI=1S/C17H25N3O7S/c1-12-4-6-13(7-5-12)28(23,24)20-8-9-27-14(20)10-18-16(21)17(22)19-11-15(25-2)26-3/h4-7,14-15H,8-11H2,1-3H3,(H,18,21)(H,19,22)/t14-/m0/s1. The zero-order valence-electron chi connectivity index (χ0n) is 16.0. The number of benzene rings is 1. The van der Waals surface area contributed by atoms with Crippen molar-refractivity contribution in [1.29, 1.82) is 0 Å². The first-order chi connectivity index (χ1) is 13.3. The Morgan fingerprint density at radius 2 is 1.79 bits per heavy atom. The zero-order valence-corrected chi connectivity index (χ0v) is 16.8. The number of nitrogens with one attached hydrogen (secondary N) is 2. The highest BCUT2D eigenvalue weighted by Gasteiger charge is 2.36. The number of hydrogen-bond acceptors (Lipinski definition) is 7. The molecule has 1 aliphatic heterocycles. The van der Waals surface area contributed by atoms with E-state index >= 15 is 0 Å². The minimum Gasteiger partial charge on any atom is -0.359 e. The third-order valence-electron chi connectivity index (χ3n) is 4.17. The highest BCUT2D eigenvalue weighted by molar-refractivity contribution is 7.89. The molecular weight excluding hydrogens is 390 g/mol. The van der Waals surface area contributed by atoms with E-state index in [4.69, 9.17) is 14.2 Å². The maximum Gasteiger partial charge on any atom is 0.309 e. The summed E-state index contributed by atoms with van der Waals surface area (Å²) in [5, 5.41) is 4.74. The summed E-state index contributed by atoms with van der Waals surface area (Å²) >= 11 is 0. The fourth-order valence-electron chi connectivity index (χ4n) is 2.57.